The maximum atomic E-state index is 13.0. The van der Waals surface area contributed by atoms with Crippen molar-refractivity contribution in [3.05, 3.63) is 89.1 Å². The Morgan fingerprint density at radius 1 is 1.05 bits per heavy atom. The number of halogens is 1. The number of anilines is 2. The fourth-order valence-electron chi connectivity index (χ4n) is 5.60. The fraction of sp³-hybridized carbons (Fsp3) is 0.300. The van der Waals surface area contributed by atoms with Gasteiger partial charge >= 0.3 is 6.09 Å². The average Bonchev–Trinajstić information content (AvgIpc) is 3.00. The van der Waals surface area contributed by atoms with E-state index in [0.717, 1.165) is 52.1 Å². The molecule has 40 heavy (non-hydrogen) atoms. The molecule has 0 N–H and O–H groups in total. The number of fused-ring (bicyclic) bond motifs is 2. The van der Waals surface area contributed by atoms with Crippen molar-refractivity contribution in [2.24, 2.45) is 0 Å². The summed E-state index contributed by atoms with van der Waals surface area (Å²) in [5, 5.41) is 12.2. The quantitative estimate of drug-likeness (QED) is 0.341. The minimum absolute atomic E-state index is 0.201. The van der Waals surface area contributed by atoms with Gasteiger partial charge in [0.1, 0.15) is 18.8 Å². The van der Waals surface area contributed by atoms with Gasteiger partial charge < -0.3 is 19.4 Å². The van der Waals surface area contributed by atoms with Crippen molar-refractivity contribution in [3.63, 3.8) is 0 Å². The van der Waals surface area contributed by atoms with E-state index in [4.69, 9.17) is 16.3 Å². The molecule has 9 nitrogen and oxygen atoms in total. The third-order valence-electron chi connectivity index (χ3n) is 7.59. The van der Waals surface area contributed by atoms with Crippen molar-refractivity contribution < 1.29 is 9.53 Å². The van der Waals surface area contributed by atoms with E-state index in [2.05, 4.69) is 30.8 Å². The number of rotatable bonds is 5. The summed E-state index contributed by atoms with van der Waals surface area (Å²) in [5.41, 5.74) is 3.98. The number of pyridine rings is 1. The molecule has 4 aromatic rings. The Morgan fingerprint density at radius 2 is 1.93 bits per heavy atom. The van der Waals surface area contributed by atoms with Crippen LogP contribution in [0.5, 0.6) is 0 Å². The Balaban J connectivity index is 1.19. The number of ether oxygens (including phenoxy) is 1. The number of aromatic nitrogens is 3. The first-order chi connectivity index (χ1) is 19.6. The van der Waals surface area contributed by atoms with Crippen LogP contribution in [-0.4, -0.2) is 58.2 Å². The van der Waals surface area contributed by atoms with Crippen LogP contribution in [0, 0.1) is 11.3 Å². The van der Waals surface area contributed by atoms with Gasteiger partial charge in [-0.05, 0) is 18.1 Å². The van der Waals surface area contributed by atoms with Gasteiger partial charge in [-0.25, -0.2) is 14.8 Å². The van der Waals surface area contributed by atoms with Crippen molar-refractivity contribution >= 4 is 40.0 Å². The first kappa shape index (κ1) is 25.8. The molecule has 2 aromatic heterocycles. The molecule has 1 amide bonds. The lowest BCUT2D eigenvalue weighted by Gasteiger charge is -2.41. The van der Waals surface area contributed by atoms with Gasteiger partial charge in [0.15, 0.2) is 0 Å². The molecule has 0 unspecified atom stereocenters. The molecule has 6 rings (SSSR count). The van der Waals surface area contributed by atoms with E-state index in [-0.39, 0.29) is 19.1 Å². The van der Waals surface area contributed by atoms with Crippen molar-refractivity contribution in [1.29, 1.82) is 5.26 Å². The molecule has 2 aliphatic rings. The lowest BCUT2D eigenvalue weighted by molar-refractivity contribution is 0.0768. The van der Waals surface area contributed by atoms with Crippen molar-refractivity contribution in [3.8, 4) is 6.07 Å². The fourth-order valence-corrected chi connectivity index (χ4v) is 5.88. The van der Waals surface area contributed by atoms with Gasteiger partial charge in [0, 0.05) is 48.7 Å². The van der Waals surface area contributed by atoms with Crippen LogP contribution in [0.4, 0.5) is 16.3 Å². The number of hydrogen-bond donors (Lipinski definition) is 0. The Morgan fingerprint density at radius 3 is 2.77 bits per heavy atom. The van der Waals surface area contributed by atoms with Gasteiger partial charge in [0.2, 0.25) is 0 Å². The van der Waals surface area contributed by atoms with E-state index < -0.39 is 6.09 Å². The molecule has 4 heterocycles. The lowest BCUT2D eigenvalue weighted by atomic mass is 10.0. The molecule has 0 bridgehead atoms. The summed E-state index contributed by atoms with van der Waals surface area (Å²) in [4.78, 5) is 32.8. The molecule has 0 radical (unpaired) electrons. The number of hydrogen-bond acceptors (Lipinski definition) is 8. The number of carbonyl (C=O) groups is 1. The molecule has 0 aliphatic carbocycles. The zero-order valence-electron chi connectivity index (χ0n) is 21.9. The molecular formula is C30H28ClN7O2. The van der Waals surface area contributed by atoms with E-state index in [0.29, 0.717) is 31.2 Å². The van der Waals surface area contributed by atoms with Crippen LogP contribution < -0.4 is 9.80 Å². The maximum Gasteiger partial charge on any atom is 0.410 e. The van der Waals surface area contributed by atoms with E-state index in [1.807, 2.05) is 60.9 Å². The van der Waals surface area contributed by atoms with Gasteiger partial charge in [-0.3, -0.25) is 4.98 Å². The molecule has 0 spiro atoms. The summed E-state index contributed by atoms with van der Waals surface area (Å²) in [6.45, 7) is 3.14. The predicted molar refractivity (Wildman–Crippen MR) is 153 cm³/mol. The maximum absolute atomic E-state index is 13.0. The second-order valence-electron chi connectivity index (χ2n) is 9.99. The highest BCUT2D eigenvalue weighted by molar-refractivity contribution is 6.36. The van der Waals surface area contributed by atoms with E-state index in [1.165, 1.54) is 0 Å². The standard InChI is InChI=1S/C30H28ClN7O2/c31-25-8-4-7-22-15-33-16-27(28(22)25)36-12-10-24-26(18-36)34-20-35-29(24)37-13-14-38(23(17-37)9-11-32)30(39)40-19-21-5-2-1-3-6-21/h1-8,15-16,20,23H,9-10,12-14,17-19H2/t23-/m0/s1. The summed E-state index contributed by atoms with van der Waals surface area (Å²) in [5.74, 6) is 0.874. The van der Waals surface area contributed by atoms with Crippen molar-refractivity contribution in [2.75, 3.05) is 36.0 Å². The SMILES string of the molecule is N#CC[C@H]1CN(c2ncnc3c2CCN(c2cncc4cccc(Cl)c24)C3)CCN1C(=O)OCc1ccccc1. The Kier molecular flexibility index (Phi) is 7.34. The van der Waals surface area contributed by atoms with Crippen LogP contribution >= 0.6 is 11.6 Å². The molecular weight excluding hydrogens is 526 g/mol. The van der Waals surface area contributed by atoms with Gasteiger partial charge in [-0.1, -0.05) is 54.1 Å². The second kappa shape index (κ2) is 11.4. The molecule has 2 aliphatic heterocycles. The minimum Gasteiger partial charge on any atom is -0.445 e. The number of carbonyl (C=O) groups excluding carboxylic acids is 1. The molecule has 0 saturated carbocycles. The summed E-state index contributed by atoms with van der Waals surface area (Å²) >= 11 is 6.59. The summed E-state index contributed by atoms with van der Waals surface area (Å²) in [7, 11) is 0. The first-order valence-corrected chi connectivity index (χ1v) is 13.7. The Hall–Kier alpha value is -4.42. The number of nitriles is 1. The normalized spacial score (nSPS) is 16.9. The van der Waals surface area contributed by atoms with Crippen LogP contribution in [0.1, 0.15) is 23.2 Å². The van der Waals surface area contributed by atoms with Crippen molar-refractivity contribution in [1.82, 2.24) is 19.9 Å². The lowest BCUT2D eigenvalue weighted by Crippen LogP contribution is -2.55. The number of piperazine rings is 1. The number of nitrogens with zero attached hydrogens (tertiary/aromatic N) is 7. The molecule has 2 aromatic carbocycles. The second-order valence-corrected chi connectivity index (χ2v) is 10.4. The zero-order chi connectivity index (χ0) is 27.5. The van der Waals surface area contributed by atoms with Crippen LogP contribution in [0.15, 0.2) is 67.3 Å². The molecule has 10 heteroatoms. The van der Waals surface area contributed by atoms with Crippen LogP contribution in [0.3, 0.4) is 0 Å². The van der Waals surface area contributed by atoms with Gasteiger partial charge in [-0.2, -0.15) is 5.26 Å². The van der Waals surface area contributed by atoms with Gasteiger partial charge in [0.05, 0.1) is 47.7 Å². The van der Waals surface area contributed by atoms with E-state index in [9.17, 15) is 10.1 Å². The van der Waals surface area contributed by atoms with Crippen LogP contribution in [-0.2, 0) is 24.3 Å². The topological polar surface area (TPSA) is 98.5 Å². The minimum atomic E-state index is -0.397. The highest BCUT2D eigenvalue weighted by Crippen LogP contribution is 2.35. The summed E-state index contributed by atoms with van der Waals surface area (Å²) in [6.07, 6.45) is 5.88. The van der Waals surface area contributed by atoms with E-state index in [1.54, 1.807) is 11.2 Å². The Labute approximate surface area is 237 Å². The number of benzene rings is 2. The van der Waals surface area contributed by atoms with E-state index >= 15 is 0 Å². The predicted octanol–water partition coefficient (Wildman–Crippen LogP) is 4.98. The third-order valence-corrected chi connectivity index (χ3v) is 7.90. The zero-order valence-corrected chi connectivity index (χ0v) is 22.7. The molecule has 1 atom stereocenters. The summed E-state index contributed by atoms with van der Waals surface area (Å²) in [6, 6.07) is 17.4. The molecule has 202 valence electrons. The first-order valence-electron chi connectivity index (χ1n) is 13.3. The van der Waals surface area contributed by atoms with Gasteiger partial charge in [0.25, 0.3) is 0 Å². The van der Waals surface area contributed by atoms with Crippen LogP contribution in [0.25, 0.3) is 10.8 Å². The highest BCUT2D eigenvalue weighted by Gasteiger charge is 2.34. The van der Waals surface area contributed by atoms with Crippen LogP contribution in [0.2, 0.25) is 5.02 Å². The van der Waals surface area contributed by atoms with Gasteiger partial charge in [-0.15, -0.1) is 0 Å². The molecule has 1 fully saturated rings. The molecule has 1 saturated heterocycles. The van der Waals surface area contributed by atoms with Crippen molar-refractivity contribution in [2.45, 2.75) is 32.0 Å². The summed E-state index contributed by atoms with van der Waals surface area (Å²) < 4.78 is 5.58. The smallest absolute Gasteiger partial charge is 0.410 e. The Bertz CT molecular complexity index is 1570. The third kappa shape index (κ3) is 5.10. The largest absolute Gasteiger partial charge is 0.445 e. The average molecular weight is 554 g/mol. The monoisotopic (exact) mass is 553 g/mol. The highest BCUT2D eigenvalue weighted by atomic mass is 35.5. The number of amides is 1.